The molecule has 0 aliphatic heterocycles. The standard InChI is InChI=1S/C24H33N3O/c1-5-6-11-23(28)27(18(4)17(2)3)16-19-12-14-20(15-13-19)21-9-7-8-10-22(21)24(25)26/h7-10,12-15,17-18H,5-6,11,16H2,1-4H3,(H3,25,26). The summed E-state index contributed by atoms with van der Waals surface area (Å²) < 4.78 is 0. The number of nitrogens with one attached hydrogen (secondary N) is 1. The molecular weight excluding hydrogens is 346 g/mol. The molecule has 2 aromatic rings. The van der Waals surface area contributed by atoms with Crippen molar-refractivity contribution < 1.29 is 4.79 Å². The van der Waals surface area contributed by atoms with E-state index < -0.39 is 0 Å². The number of unbranched alkanes of at least 4 members (excludes halogenated alkanes) is 1. The van der Waals surface area contributed by atoms with Gasteiger partial charge in [0.2, 0.25) is 5.91 Å². The molecule has 0 fully saturated rings. The highest BCUT2D eigenvalue weighted by molar-refractivity contribution is 6.01. The van der Waals surface area contributed by atoms with Crippen LogP contribution >= 0.6 is 0 Å². The average molecular weight is 380 g/mol. The molecule has 0 aromatic heterocycles. The van der Waals surface area contributed by atoms with Gasteiger partial charge in [-0.25, -0.2) is 0 Å². The molecule has 3 N–H and O–H groups in total. The van der Waals surface area contributed by atoms with E-state index in [2.05, 4.69) is 39.8 Å². The number of hydrogen-bond acceptors (Lipinski definition) is 2. The van der Waals surface area contributed by atoms with Crippen LogP contribution in [0, 0.1) is 11.3 Å². The average Bonchev–Trinajstić information content (AvgIpc) is 2.70. The normalized spacial score (nSPS) is 12.0. The third kappa shape index (κ3) is 5.44. The second-order valence-electron chi connectivity index (χ2n) is 7.77. The van der Waals surface area contributed by atoms with Crippen molar-refractivity contribution in [2.24, 2.45) is 11.7 Å². The van der Waals surface area contributed by atoms with Crippen molar-refractivity contribution in [1.29, 1.82) is 5.41 Å². The number of nitrogen functional groups attached to an aromatic ring is 1. The van der Waals surface area contributed by atoms with Gasteiger partial charge in [-0.3, -0.25) is 10.2 Å². The molecule has 2 rings (SSSR count). The highest BCUT2D eigenvalue weighted by atomic mass is 16.2. The van der Waals surface area contributed by atoms with Gasteiger partial charge >= 0.3 is 0 Å². The predicted octanol–water partition coefficient (Wildman–Crippen LogP) is 5.20. The molecule has 0 aliphatic rings. The lowest BCUT2D eigenvalue weighted by Gasteiger charge is -2.32. The summed E-state index contributed by atoms with van der Waals surface area (Å²) >= 11 is 0. The Kier molecular flexibility index (Phi) is 7.80. The molecule has 4 nitrogen and oxygen atoms in total. The van der Waals surface area contributed by atoms with Crippen LogP contribution in [0.1, 0.15) is 58.1 Å². The summed E-state index contributed by atoms with van der Waals surface area (Å²) in [6.45, 7) is 9.18. The van der Waals surface area contributed by atoms with E-state index >= 15 is 0 Å². The lowest BCUT2D eigenvalue weighted by molar-refractivity contribution is -0.135. The van der Waals surface area contributed by atoms with Crippen LogP contribution in [-0.4, -0.2) is 22.7 Å². The highest BCUT2D eigenvalue weighted by Crippen LogP contribution is 2.25. The van der Waals surface area contributed by atoms with Crippen LogP contribution in [0.4, 0.5) is 0 Å². The molecule has 150 valence electrons. The molecule has 2 aromatic carbocycles. The fourth-order valence-electron chi connectivity index (χ4n) is 3.25. The van der Waals surface area contributed by atoms with Crippen molar-refractivity contribution in [3.05, 3.63) is 59.7 Å². The summed E-state index contributed by atoms with van der Waals surface area (Å²) in [6.07, 6.45) is 2.57. The van der Waals surface area contributed by atoms with Gasteiger partial charge < -0.3 is 10.6 Å². The molecule has 0 aliphatic carbocycles. The van der Waals surface area contributed by atoms with Crippen molar-refractivity contribution >= 4 is 11.7 Å². The first-order valence-electron chi connectivity index (χ1n) is 10.2. The third-order valence-corrected chi connectivity index (χ3v) is 5.36. The summed E-state index contributed by atoms with van der Waals surface area (Å²) in [5.74, 6) is 0.708. The zero-order valence-electron chi connectivity index (χ0n) is 17.5. The zero-order chi connectivity index (χ0) is 20.7. The molecule has 1 amide bonds. The van der Waals surface area contributed by atoms with Gasteiger partial charge in [0.05, 0.1) is 0 Å². The Balaban J connectivity index is 2.23. The van der Waals surface area contributed by atoms with Gasteiger partial charge in [-0.15, -0.1) is 0 Å². The minimum absolute atomic E-state index is 0.0677. The number of carbonyl (C=O) groups excluding carboxylic acids is 1. The lowest BCUT2D eigenvalue weighted by atomic mass is 9.97. The molecular formula is C24H33N3O. The van der Waals surface area contributed by atoms with Crippen molar-refractivity contribution in [2.75, 3.05) is 0 Å². The number of benzene rings is 2. The molecule has 0 saturated heterocycles. The van der Waals surface area contributed by atoms with Gasteiger partial charge in [0, 0.05) is 24.6 Å². The van der Waals surface area contributed by atoms with E-state index in [0.29, 0.717) is 18.9 Å². The quantitative estimate of drug-likeness (QED) is 0.464. The van der Waals surface area contributed by atoms with Crippen molar-refractivity contribution in [1.82, 2.24) is 4.90 Å². The van der Waals surface area contributed by atoms with Crippen LogP contribution < -0.4 is 5.73 Å². The van der Waals surface area contributed by atoms with Gasteiger partial charge in [-0.2, -0.15) is 0 Å². The van der Waals surface area contributed by atoms with Gasteiger partial charge in [0.25, 0.3) is 0 Å². The van der Waals surface area contributed by atoms with E-state index in [9.17, 15) is 4.79 Å². The van der Waals surface area contributed by atoms with E-state index in [4.69, 9.17) is 11.1 Å². The largest absolute Gasteiger partial charge is 0.384 e. The SMILES string of the molecule is CCCCC(=O)N(Cc1ccc(-c2ccccc2C(=N)N)cc1)C(C)C(C)C. The maximum absolute atomic E-state index is 12.7. The Labute approximate surface area is 169 Å². The molecule has 0 heterocycles. The zero-order valence-corrected chi connectivity index (χ0v) is 17.5. The molecule has 4 heteroatoms. The second-order valence-corrected chi connectivity index (χ2v) is 7.77. The Morgan fingerprint density at radius 2 is 1.71 bits per heavy atom. The number of hydrogen-bond donors (Lipinski definition) is 2. The number of amides is 1. The molecule has 28 heavy (non-hydrogen) atoms. The minimum atomic E-state index is 0.0677. The molecule has 0 spiro atoms. The minimum Gasteiger partial charge on any atom is -0.384 e. The lowest BCUT2D eigenvalue weighted by Crippen LogP contribution is -2.40. The molecule has 0 saturated carbocycles. The van der Waals surface area contributed by atoms with E-state index in [1.807, 2.05) is 41.3 Å². The van der Waals surface area contributed by atoms with Crippen molar-refractivity contribution in [2.45, 2.75) is 59.5 Å². The maximum atomic E-state index is 12.7. The molecule has 1 atom stereocenters. The summed E-state index contributed by atoms with van der Waals surface area (Å²) in [6, 6.07) is 16.1. The monoisotopic (exact) mass is 379 g/mol. The summed E-state index contributed by atoms with van der Waals surface area (Å²) in [5, 5.41) is 7.78. The number of rotatable bonds is 9. The van der Waals surface area contributed by atoms with E-state index in [0.717, 1.165) is 35.1 Å². The molecule has 0 radical (unpaired) electrons. The van der Waals surface area contributed by atoms with Crippen LogP contribution in [0.15, 0.2) is 48.5 Å². The smallest absolute Gasteiger partial charge is 0.223 e. The highest BCUT2D eigenvalue weighted by Gasteiger charge is 2.22. The van der Waals surface area contributed by atoms with E-state index in [1.165, 1.54) is 0 Å². The maximum Gasteiger partial charge on any atom is 0.223 e. The number of nitrogens with two attached hydrogens (primary N) is 1. The van der Waals surface area contributed by atoms with E-state index in [-0.39, 0.29) is 17.8 Å². The molecule has 0 bridgehead atoms. The topological polar surface area (TPSA) is 70.2 Å². The van der Waals surface area contributed by atoms with Crippen LogP contribution in [-0.2, 0) is 11.3 Å². The summed E-state index contributed by atoms with van der Waals surface area (Å²) in [7, 11) is 0. The van der Waals surface area contributed by atoms with Crippen LogP contribution in [0.2, 0.25) is 0 Å². The van der Waals surface area contributed by atoms with E-state index in [1.54, 1.807) is 0 Å². The van der Waals surface area contributed by atoms with Crippen molar-refractivity contribution in [3.8, 4) is 11.1 Å². The van der Waals surface area contributed by atoms with Crippen molar-refractivity contribution in [3.63, 3.8) is 0 Å². The first kappa shape index (κ1) is 21.7. The fraction of sp³-hybridized carbons (Fsp3) is 0.417. The van der Waals surface area contributed by atoms with Gasteiger partial charge in [0.15, 0.2) is 0 Å². The number of nitrogens with zero attached hydrogens (tertiary/aromatic N) is 1. The van der Waals surface area contributed by atoms with Gasteiger partial charge in [-0.05, 0) is 36.0 Å². The fourth-order valence-corrected chi connectivity index (χ4v) is 3.25. The Hall–Kier alpha value is -2.62. The number of amidine groups is 1. The first-order valence-corrected chi connectivity index (χ1v) is 10.2. The Morgan fingerprint density at radius 1 is 1.07 bits per heavy atom. The summed E-state index contributed by atoms with van der Waals surface area (Å²) in [4.78, 5) is 14.8. The third-order valence-electron chi connectivity index (χ3n) is 5.36. The van der Waals surface area contributed by atoms with Crippen LogP contribution in [0.3, 0.4) is 0 Å². The first-order chi connectivity index (χ1) is 13.3. The molecule has 1 unspecified atom stereocenters. The Bertz CT molecular complexity index is 796. The van der Waals surface area contributed by atoms with Gasteiger partial charge in [-0.1, -0.05) is 75.7 Å². The Morgan fingerprint density at radius 3 is 2.29 bits per heavy atom. The second kappa shape index (κ2) is 10.1. The number of carbonyl (C=O) groups is 1. The van der Waals surface area contributed by atoms with Crippen LogP contribution in [0.25, 0.3) is 11.1 Å². The van der Waals surface area contributed by atoms with Gasteiger partial charge in [0.1, 0.15) is 5.84 Å². The predicted molar refractivity (Wildman–Crippen MR) is 117 cm³/mol. The summed E-state index contributed by atoms with van der Waals surface area (Å²) in [5.41, 5.74) is 9.55. The van der Waals surface area contributed by atoms with Crippen LogP contribution in [0.5, 0.6) is 0 Å².